The van der Waals surface area contributed by atoms with E-state index in [-0.39, 0.29) is 5.69 Å². The summed E-state index contributed by atoms with van der Waals surface area (Å²) in [4.78, 5) is 3.57. The van der Waals surface area contributed by atoms with Crippen LogP contribution < -0.4 is 0 Å². The molecule has 0 radical (unpaired) electrons. The first-order valence-corrected chi connectivity index (χ1v) is 4.84. The molecule has 0 saturated heterocycles. The molecule has 1 aromatic rings. The highest BCUT2D eigenvalue weighted by atomic mass is 19.4. The van der Waals surface area contributed by atoms with Crippen molar-refractivity contribution < 1.29 is 31.4 Å². The van der Waals surface area contributed by atoms with Gasteiger partial charge in [0.2, 0.25) is 0 Å². The second-order valence-corrected chi connectivity index (χ2v) is 3.65. The van der Waals surface area contributed by atoms with Crippen LogP contribution in [0.2, 0.25) is 0 Å². The van der Waals surface area contributed by atoms with Gasteiger partial charge in [-0.1, -0.05) is 6.07 Å². The van der Waals surface area contributed by atoms with Crippen molar-refractivity contribution in [1.82, 2.24) is 4.98 Å². The summed E-state index contributed by atoms with van der Waals surface area (Å²) in [6.07, 6.45) is -13.3. The number of rotatable bonds is 3. The molecule has 2 nitrogen and oxygen atoms in total. The van der Waals surface area contributed by atoms with E-state index in [4.69, 9.17) is 5.11 Å². The Bertz CT molecular complexity index is 360. The molecule has 1 rings (SSSR count). The maximum atomic E-state index is 12.3. The van der Waals surface area contributed by atoms with Crippen molar-refractivity contribution in [1.29, 1.82) is 0 Å². The maximum absolute atomic E-state index is 12.3. The third kappa shape index (κ3) is 3.86. The van der Waals surface area contributed by atoms with E-state index in [0.29, 0.717) is 0 Å². The van der Waals surface area contributed by atoms with Crippen LogP contribution in [-0.2, 0) is 6.42 Å². The Morgan fingerprint density at radius 2 is 1.61 bits per heavy atom. The van der Waals surface area contributed by atoms with E-state index in [1.165, 1.54) is 24.4 Å². The van der Waals surface area contributed by atoms with Gasteiger partial charge in [-0.3, -0.25) is 4.98 Å². The van der Waals surface area contributed by atoms with Crippen molar-refractivity contribution in [2.75, 3.05) is 0 Å². The van der Waals surface area contributed by atoms with Crippen molar-refractivity contribution in [2.45, 2.75) is 24.9 Å². The van der Waals surface area contributed by atoms with Gasteiger partial charge in [-0.15, -0.1) is 0 Å². The zero-order valence-corrected chi connectivity index (χ0v) is 8.83. The van der Waals surface area contributed by atoms with Gasteiger partial charge in [0.1, 0.15) is 0 Å². The molecule has 1 unspecified atom stereocenters. The van der Waals surface area contributed by atoms with Crippen LogP contribution >= 0.6 is 0 Å². The molecule has 0 aromatic carbocycles. The second kappa shape index (κ2) is 5.13. The standard InChI is InChI=1S/C10H9F6NO/c11-9(12,13)8(10(14,15)16)7(18)5-6-3-1-2-4-17-6/h1-4,7-8,18H,5H2. The van der Waals surface area contributed by atoms with Gasteiger partial charge < -0.3 is 5.11 Å². The molecule has 1 heterocycles. The predicted octanol–water partition coefficient (Wildman–Crippen LogP) is 2.73. The molecule has 1 atom stereocenters. The molecule has 0 aliphatic heterocycles. The number of aliphatic hydroxyl groups excluding tert-OH is 1. The Labute approximate surface area is 98.3 Å². The molecule has 18 heavy (non-hydrogen) atoms. The van der Waals surface area contributed by atoms with Gasteiger partial charge in [-0.2, -0.15) is 26.3 Å². The number of aromatic nitrogens is 1. The number of aliphatic hydroxyl groups is 1. The minimum absolute atomic E-state index is 0.0384. The van der Waals surface area contributed by atoms with Gasteiger partial charge in [0, 0.05) is 18.3 Å². The fraction of sp³-hybridized carbons (Fsp3) is 0.500. The van der Waals surface area contributed by atoms with Gasteiger partial charge in [-0.25, -0.2) is 0 Å². The molecular weight excluding hydrogens is 264 g/mol. The van der Waals surface area contributed by atoms with Crippen LogP contribution in [0.3, 0.4) is 0 Å². The molecular formula is C10H9F6NO. The molecule has 0 fully saturated rings. The Hall–Kier alpha value is -1.31. The summed E-state index contributed by atoms with van der Waals surface area (Å²) in [5.41, 5.74) is -0.0384. The van der Waals surface area contributed by atoms with E-state index >= 15 is 0 Å². The topological polar surface area (TPSA) is 33.1 Å². The molecule has 1 N–H and O–H groups in total. The third-order valence-corrected chi connectivity index (χ3v) is 2.23. The number of nitrogens with zero attached hydrogens (tertiary/aromatic N) is 1. The van der Waals surface area contributed by atoms with Crippen LogP contribution in [0.4, 0.5) is 26.3 Å². The first kappa shape index (κ1) is 14.7. The lowest BCUT2D eigenvalue weighted by atomic mass is 9.97. The van der Waals surface area contributed by atoms with E-state index in [1.54, 1.807) is 0 Å². The highest BCUT2D eigenvalue weighted by Gasteiger charge is 2.60. The summed E-state index contributed by atoms with van der Waals surface area (Å²) in [5, 5.41) is 9.15. The summed E-state index contributed by atoms with van der Waals surface area (Å²) in [6, 6.07) is 4.11. The van der Waals surface area contributed by atoms with Crippen LogP contribution in [0.5, 0.6) is 0 Å². The van der Waals surface area contributed by atoms with Crippen LogP contribution in [0.25, 0.3) is 0 Å². The summed E-state index contributed by atoms with van der Waals surface area (Å²) in [5.74, 6) is -3.77. The molecule has 0 saturated carbocycles. The van der Waals surface area contributed by atoms with Gasteiger partial charge in [0.05, 0.1) is 6.10 Å². The maximum Gasteiger partial charge on any atom is 0.403 e. The molecule has 1 aromatic heterocycles. The molecule has 102 valence electrons. The van der Waals surface area contributed by atoms with E-state index in [9.17, 15) is 26.3 Å². The lowest BCUT2D eigenvalue weighted by molar-refractivity contribution is -0.305. The quantitative estimate of drug-likeness (QED) is 0.859. The number of halogens is 6. The number of hydrogen-bond acceptors (Lipinski definition) is 2. The lowest BCUT2D eigenvalue weighted by Gasteiger charge is -2.27. The van der Waals surface area contributed by atoms with Gasteiger partial charge in [0.25, 0.3) is 0 Å². The summed E-state index contributed by atoms with van der Waals surface area (Å²) in [6.45, 7) is 0. The smallest absolute Gasteiger partial charge is 0.392 e. The Kier molecular flexibility index (Phi) is 4.20. The fourth-order valence-electron chi connectivity index (χ4n) is 1.47. The highest BCUT2D eigenvalue weighted by Crippen LogP contribution is 2.41. The molecule has 0 bridgehead atoms. The van der Waals surface area contributed by atoms with Gasteiger partial charge in [0.15, 0.2) is 5.92 Å². The van der Waals surface area contributed by atoms with E-state index in [0.717, 1.165) is 0 Å². The number of alkyl halides is 6. The third-order valence-electron chi connectivity index (χ3n) is 2.23. The van der Waals surface area contributed by atoms with E-state index in [2.05, 4.69) is 4.98 Å². The lowest BCUT2D eigenvalue weighted by Crippen LogP contribution is -2.45. The van der Waals surface area contributed by atoms with Gasteiger partial charge >= 0.3 is 12.4 Å². The minimum atomic E-state index is -5.55. The molecule has 0 aliphatic carbocycles. The summed E-state index contributed by atoms with van der Waals surface area (Å²) in [7, 11) is 0. The largest absolute Gasteiger partial charge is 0.403 e. The van der Waals surface area contributed by atoms with Crippen LogP contribution in [0.15, 0.2) is 24.4 Å². The van der Waals surface area contributed by atoms with Crippen LogP contribution in [0, 0.1) is 5.92 Å². The van der Waals surface area contributed by atoms with E-state index < -0.39 is 30.8 Å². The summed E-state index contributed by atoms with van der Waals surface area (Å²) < 4.78 is 73.6. The Morgan fingerprint density at radius 1 is 1.06 bits per heavy atom. The zero-order chi connectivity index (χ0) is 14.0. The fourth-order valence-corrected chi connectivity index (χ4v) is 1.47. The average molecular weight is 273 g/mol. The zero-order valence-electron chi connectivity index (χ0n) is 8.83. The first-order valence-electron chi connectivity index (χ1n) is 4.84. The minimum Gasteiger partial charge on any atom is -0.392 e. The highest BCUT2D eigenvalue weighted by molar-refractivity contribution is 5.05. The molecule has 0 amide bonds. The second-order valence-electron chi connectivity index (χ2n) is 3.65. The average Bonchev–Trinajstić information content (AvgIpc) is 2.13. The van der Waals surface area contributed by atoms with Crippen LogP contribution in [0.1, 0.15) is 5.69 Å². The SMILES string of the molecule is OC(Cc1ccccn1)C(C(F)(F)F)C(F)(F)F. The van der Waals surface area contributed by atoms with Crippen molar-refractivity contribution in [3.63, 3.8) is 0 Å². The predicted molar refractivity (Wildman–Crippen MR) is 49.5 cm³/mol. The van der Waals surface area contributed by atoms with Gasteiger partial charge in [-0.05, 0) is 12.1 Å². The van der Waals surface area contributed by atoms with Crippen molar-refractivity contribution in [3.8, 4) is 0 Å². The molecule has 8 heteroatoms. The Morgan fingerprint density at radius 3 is 2.00 bits per heavy atom. The number of pyridine rings is 1. The van der Waals surface area contributed by atoms with Crippen molar-refractivity contribution in [3.05, 3.63) is 30.1 Å². The first-order chi connectivity index (χ1) is 8.12. The number of hydrogen-bond donors (Lipinski definition) is 1. The van der Waals surface area contributed by atoms with Crippen molar-refractivity contribution in [2.24, 2.45) is 5.92 Å². The normalized spacial score (nSPS) is 14.9. The van der Waals surface area contributed by atoms with Crippen molar-refractivity contribution >= 4 is 0 Å². The monoisotopic (exact) mass is 273 g/mol. The molecule has 0 aliphatic rings. The summed E-state index contributed by atoms with van der Waals surface area (Å²) >= 11 is 0. The molecule has 0 spiro atoms. The Balaban J connectivity index is 2.88. The van der Waals surface area contributed by atoms with Crippen LogP contribution in [-0.4, -0.2) is 28.5 Å². The van der Waals surface area contributed by atoms with E-state index in [1.807, 2.05) is 0 Å².